The van der Waals surface area contributed by atoms with Crippen LogP contribution in [0, 0.1) is 0 Å². The maximum Gasteiger partial charge on any atom is 0.251 e. The molecular weight excluding hydrogens is 332 g/mol. The maximum absolute atomic E-state index is 12.4. The van der Waals surface area contributed by atoms with Crippen molar-refractivity contribution in [3.05, 3.63) is 54.1 Å². The summed E-state index contributed by atoms with van der Waals surface area (Å²) in [7, 11) is 1.56. The van der Waals surface area contributed by atoms with Gasteiger partial charge in [-0.1, -0.05) is 6.07 Å². The first-order chi connectivity index (χ1) is 12.6. The molecule has 1 fully saturated rings. The number of ether oxygens (including phenoxy) is 2. The van der Waals surface area contributed by atoms with E-state index in [0.717, 1.165) is 11.4 Å². The van der Waals surface area contributed by atoms with Crippen molar-refractivity contribution in [2.24, 2.45) is 0 Å². The van der Waals surface area contributed by atoms with Gasteiger partial charge in [0.05, 0.1) is 19.8 Å². The number of nitrogens with one attached hydrogen (secondary N) is 1. The molecule has 0 spiro atoms. The molecule has 1 aliphatic rings. The summed E-state index contributed by atoms with van der Waals surface area (Å²) in [6.45, 7) is 2.97. The van der Waals surface area contributed by atoms with Crippen molar-refractivity contribution in [3.8, 4) is 11.5 Å². The number of methoxy groups -OCH3 is 1. The van der Waals surface area contributed by atoms with Gasteiger partial charge in [-0.05, 0) is 49.4 Å². The Morgan fingerprint density at radius 2 is 1.96 bits per heavy atom. The van der Waals surface area contributed by atoms with Gasteiger partial charge in [-0.2, -0.15) is 0 Å². The Morgan fingerprint density at radius 3 is 2.65 bits per heavy atom. The van der Waals surface area contributed by atoms with Crippen LogP contribution < -0.4 is 19.7 Å². The Kier molecular flexibility index (Phi) is 5.41. The third-order valence-electron chi connectivity index (χ3n) is 4.25. The van der Waals surface area contributed by atoms with Gasteiger partial charge in [0.2, 0.25) is 5.91 Å². The van der Waals surface area contributed by atoms with Crippen LogP contribution in [-0.4, -0.2) is 38.1 Å². The molecule has 2 aromatic rings. The summed E-state index contributed by atoms with van der Waals surface area (Å²) >= 11 is 0. The molecule has 1 saturated heterocycles. The number of anilines is 1. The van der Waals surface area contributed by atoms with E-state index in [0.29, 0.717) is 24.5 Å². The van der Waals surface area contributed by atoms with Gasteiger partial charge < -0.3 is 19.7 Å². The van der Waals surface area contributed by atoms with Crippen LogP contribution in [0.25, 0.3) is 0 Å². The third kappa shape index (κ3) is 3.96. The number of hydrogen-bond donors (Lipinski definition) is 1. The number of amides is 2. The normalized spacial score (nSPS) is 16.5. The first-order valence-corrected chi connectivity index (χ1v) is 8.59. The van der Waals surface area contributed by atoms with Gasteiger partial charge >= 0.3 is 0 Å². The van der Waals surface area contributed by atoms with Crippen molar-refractivity contribution < 1.29 is 19.1 Å². The molecule has 0 aromatic heterocycles. The number of nitrogens with zero attached hydrogens (tertiary/aromatic N) is 1. The lowest BCUT2D eigenvalue weighted by molar-refractivity contribution is -0.117. The zero-order valence-corrected chi connectivity index (χ0v) is 14.9. The van der Waals surface area contributed by atoms with Gasteiger partial charge in [-0.3, -0.25) is 9.59 Å². The minimum atomic E-state index is -0.229. The largest absolute Gasteiger partial charge is 0.497 e. The lowest BCUT2D eigenvalue weighted by Crippen LogP contribution is -2.37. The van der Waals surface area contributed by atoms with Crippen molar-refractivity contribution in [1.82, 2.24) is 5.32 Å². The molecule has 1 aliphatic heterocycles. The van der Waals surface area contributed by atoms with Crippen molar-refractivity contribution in [1.29, 1.82) is 0 Å². The molecule has 3 rings (SSSR count). The minimum Gasteiger partial charge on any atom is -0.497 e. The van der Waals surface area contributed by atoms with E-state index in [2.05, 4.69) is 5.32 Å². The molecule has 1 atom stereocenters. The molecule has 1 heterocycles. The zero-order chi connectivity index (χ0) is 18.5. The molecule has 0 bridgehead atoms. The summed E-state index contributed by atoms with van der Waals surface area (Å²) in [5.41, 5.74) is 1.31. The average Bonchev–Trinajstić information content (AvgIpc) is 3.02. The van der Waals surface area contributed by atoms with E-state index < -0.39 is 0 Å². The molecule has 0 radical (unpaired) electrons. The van der Waals surface area contributed by atoms with Gasteiger partial charge in [0, 0.05) is 24.2 Å². The fourth-order valence-electron chi connectivity index (χ4n) is 2.98. The number of carbonyl (C=O) groups excluding carboxylic acids is 2. The van der Waals surface area contributed by atoms with E-state index in [1.807, 2.05) is 31.2 Å². The second-order valence-electron chi connectivity index (χ2n) is 6.04. The van der Waals surface area contributed by atoms with Crippen molar-refractivity contribution >= 4 is 17.5 Å². The van der Waals surface area contributed by atoms with Crippen LogP contribution in [0.15, 0.2) is 48.5 Å². The van der Waals surface area contributed by atoms with Crippen molar-refractivity contribution in [3.63, 3.8) is 0 Å². The highest BCUT2D eigenvalue weighted by Gasteiger charge is 2.31. The molecule has 26 heavy (non-hydrogen) atoms. The van der Waals surface area contributed by atoms with E-state index in [1.165, 1.54) is 0 Å². The first kappa shape index (κ1) is 17.8. The highest BCUT2D eigenvalue weighted by molar-refractivity contribution is 5.99. The van der Waals surface area contributed by atoms with Gasteiger partial charge in [-0.25, -0.2) is 0 Å². The molecule has 1 N–H and O–H groups in total. The fourth-order valence-corrected chi connectivity index (χ4v) is 2.98. The van der Waals surface area contributed by atoms with Gasteiger partial charge in [0.15, 0.2) is 0 Å². The smallest absolute Gasteiger partial charge is 0.251 e. The lowest BCUT2D eigenvalue weighted by Gasteiger charge is -2.18. The summed E-state index contributed by atoms with van der Waals surface area (Å²) in [4.78, 5) is 26.4. The van der Waals surface area contributed by atoms with Gasteiger partial charge in [0.25, 0.3) is 5.91 Å². The molecule has 2 aromatic carbocycles. The monoisotopic (exact) mass is 354 g/mol. The van der Waals surface area contributed by atoms with E-state index >= 15 is 0 Å². The maximum atomic E-state index is 12.4. The predicted molar refractivity (Wildman–Crippen MR) is 98.8 cm³/mol. The van der Waals surface area contributed by atoms with E-state index in [1.54, 1.807) is 36.3 Å². The molecule has 6 heteroatoms. The fraction of sp³-hybridized carbons (Fsp3) is 0.300. The SMILES string of the molecule is CCOc1ccc(N2C[C@@H](NC(=O)c3cccc(OC)c3)CC2=O)cc1. The molecule has 0 aliphatic carbocycles. The van der Waals surface area contributed by atoms with E-state index in [9.17, 15) is 9.59 Å². The van der Waals surface area contributed by atoms with Crippen LogP contribution in [0.3, 0.4) is 0 Å². The van der Waals surface area contributed by atoms with Crippen molar-refractivity contribution in [2.75, 3.05) is 25.2 Å². The average molecular weight is 354 g/mol. The Balaban J connectivity index is 1.64. The summed E-state index contributed by atoms with van der Waals surface area (Å²) in [5, 5.41) is 2.93. The Hall–Kier alpha value is -3.02. The van der Waals surface area contributed by atoms with Crippen molar-refractivity contribution in [2.45, 2.75) is 19.4 Å². The second kappa shape index (κ2) is 7.91. The number of hydrogen-bond acceptors (Lipinski definition) is 4. The Morgan fingerprint density at radius 1 is 1.19 bits per heavy atom. The third-order valence-corrected chi connectivity index (χ3v) is 4.25. The lowest BCUT2D eigenvalue weighted by atomic mass is 10.1. The highest BCUT2D eigenvalue weighted by Crippen LogP contribution is 2.24. The van der Waals surface area contributed by atoms with Crippen LogP contribution in [0.1, 0.15) is 23.7 Å². The first-order valence-electron chi connectivity index (χ1n) is 8.59. The van der Waals surface area contributed by atoms with Crippen LogP contribution in [0.2, 0.25) is 0 Å². The van der Waals surface area contributed by atoms with E-state index in [-0.39, 0.29) is 24.3 Å². The van der Waals surface area contributed by atoms with Gasteiger partial charge in [0.1, 0.15) is 11.5 Å². The topological polar surface area (TPSA) is 67.9 Å². The number of benzene rings is 2. The minimum absolute atomic E-state index is 0.00916. The summed E-state index contributed by atoms with van der Waals surface area (Å²) in [6.07, 6.45) is 0.281. The van der Waals surface area contributed by atoms with Crippen LogP contribution in [0.5, 0.6) is 11.5 Å². The van der Waals surface area contributed by atoms with Crippen LogP contribution in [-0.2, 0) is 4.79 Å². The quantitative estimate of drug-likeness (QED) is 0.866. The Bertz CT molecular complexity index is 789. The van der Waals surface area contributed by atoms with Gasteiger partial charge in [-0.15, -0.1) is 0 Å². The second-order valence-corrected chi connectivity index (χ2v) is 6.04. The number of carbonyl (C=O) groups is 2. The molecule has 0 unspecified atom stereocenters. The summed E-state index contributed by atoms with van der Waals surface area (Å²) in [5.74, 6) is 1.17. The molecule has 0 saturated carbocycles. The highest BCUT2D eigenvalue weighted by atomic mass is 16.5. The number of rotatable bonds is 6. The van der Waals surface area contributed by atoms with Crippen LogP contribution in [0.4, 0.5) is 5.69 Å². The molecule has 2 amide bonds. The molecular formula is C20H22N2O4. The molecule has 6 nitrogen and oxygen atoms in total. The predicted octanol–water partition coefficient (Wildman–Crippen LogP) is 2.63. The standard InChI is InChI=1S/C20H22N2O4/c1-3-26-17-9-7-16(8-10-17)22-13-15(12-19(22)23)21-20(24)14-5-4-6-18(11-14)25-2/h4-11,15H,3,12-13H2,1-2H3,(H,21,24)/t15-/m0/s1. The molecule has 136 valence electrons. The van der Waals surface area contributed by atoms with Crippen LogP contribution >= 0.6 is 0 Å². The Labute approximate surface area is 152 Å². The zero-order valence-electron chi connectivity index (χ0n) is 14.9. The summed E-state index contributed by atoms with van der Waals surface area (Å²) < 4.78 is 10.6. The van der Waals surface area contributed by atoms with E-state index in [4.69, 9.17) is 9.47 Å². The summed E-state index contributed by atoms with van der Waals surface area (Å²) in [6, 6.07) is 14.1.